The Bertz CT molecular complexity index is 1010. The number of H-pyrrole nitrogens is 1. The second kappa shape index (κ2) is 6.61. The highest BCUT2D eigenvalue weighted by Gasteiger charge is 2.48. The predicted molar refractivity (Wildman–Crippen MR) is 96.0 cm³/mol. The number of carbonyl (C=O) groups is 1. The Hall–Kier alpha value is -2.46. The summed E-state index contributed by atoms with van der Waals surface area (Å²) in [7, 11) is -3.25. The van der Waals surface area contributed by atoms with Gasteiger partial charge in [0.15, 0.2) is 9.84 Å². The lowest BCUT2D eigenvalue weighted by atomic mass is 10.0. The largest absolute Gasteiger partial charge is 0.465 e. The molecular weight excluding hydrogens is 372 g/mol. The molecule has 0 aliphatic carbocycles. The van der Waals surface area contributed by atoms with Crippen LogP contribution in [0.2, 0.25) is 0 Å². The number of carbonyl (C=O) groups excluding carboxylic acids is 1. The Balaban J connectivity index is 1.59. The third-order valence-corrected chi connectivity index (χ3v) is 6.80. The van der Waals surface area contributed by atoms with E-state index in [9.17, 15) is 18.0 Å². The van der Waals surface area contributed by atoms with Crippen LogP contribution in [-0.2, 0) is 16.4 Å². The van der Waals surface area contributed by atoms with E-state index in [1.807, 2.05) is 19.1 Å². The maximum Gasteiger partial charge on any atom is 0.274 e. The molecule has 10 heteroatoms. The average Bonchev–Trinajstić information content (AvgIpc) is 3.17. The summed E-state index contributed by atoms with van der Waals surface area (Å²) in [6.45, 7) is 3.28. The number of furan rings is 1. The normalized spacial score (nSPS) is 24.7. The minimum atomic E-state index is -3.25. The van der Waals surface area contributed by atoms with Gasteiger partial charge in [-0.2, -0.15) is 0 Å². The quantitative estimate of drug-likeness (QED) is 0.768. The van der Waals surface area contributed by atoms with Crippen LogP contribution in [0.3, 0.4) is 0 Å². The fourth-order valence-corrected chi connectivity index (χ4v) is 5.86. The lowest BCUT2D eigenvalue weighted by Crippen LogP contribution is -2.60. The van der Waals surface area contributed by atoms with Gasteiger partial charge in [-0.05, 0) is 19.1 Å². The first-order valence-electron chi connectivity index (χ1n) is 8.68. The van der Waals surface area contributed by atoms with Crippen molar-refractivity contribution in [1.82, 2.24) is 19.8 Å². The molecule has 4 rings (SSSR count). The van der Waals surface area contributed by atoms with Crippen molar-refractivity contribution in [2.45, 2.75) is 25.6 Å². The van der Waals surface area contributed by atoms with Gasteiger partial charge in [0.25, 0.3) is 11.5 Å². The van der Waals surface area contributed by atoms with Crippen LogP contribution in [0.4, 0.5) is 0 Å². The van der Waals surface area contributed by atoms with E-state index in [1.54, 1.807) is 4.90 Å². The Morgan fingerprint density at radius 1 is 1.30 bits per heavy atom. The van der Waals surface area contributed by atoms with Crippen molar-refractivity contribution in [2.24, 2.45) is 0 Å². The first-order chi connectivity index (χ1) is 12.8. The zero-order valence-corrected chi connectivity index (χ0v) is 15.6. The Kier molecular flexibility index (Phi) is 4.39. The molecule has 0 radical (unpaired) electrons. The van der Waals surface area contributed by atoms with E-state index in [0.29, 0.717) is 19.6 Å². The summed E-state index contributed by atoms with van der Waals surface area (Å²) in [5, 5.41) is 0. The van der Waals surface area contributed by atoms with E-state index in [4.69, 9.17) is 4.42 Å². The maximum absolute atomic E-state index is 12.8. The molecule has 2 saturated heterocycles. The second-order valence-electron chi connectivity index (χ2n) is 6.99. The molecule has 2 aliphatic rings. The summed E-state index contributed by atoms with van der Waals surface area (Å²) in [6.07, 6.45) is 2.31. The lowest BCUT2D eigenvalue weighted by molar-refractivity contribution is 0.0280. The fourth-order valence-electron chi connectivity index (χ4n) is 3.85. The molecule has 2 aromatic heterocycles. The van der Waals surface area contributed by atoms with Gasteiger partial charge in [-0.3, -0.25) is 14.5 Å². The summed E-state index contributed by atoms with van der Waals surface area (Å²) in [6, 6.07) is 3.02. The van der Waals surface area contributed by atoms with Crippen molar-refractivity contribution < 1.29 is 17.6 Å². The van der Waals surface area contributed by atoms with E-state index in [-0.39, 0.29) is 29.1 Å². The van der Waals surface area contributed by atoms with Crippen LogP contribution >= 0.6 is 0 Å². The Morgan fingerprint density at radius 2 is 2.07 bits per heavy atom. The molecule has 0 bridgehead atoms. The number of hydrogen-bond donors (Lipinski definition) is 1. The van der Waals surface area contributed by atoms with Crippen LogP contribution in [0, 0.1) is 6.92 Å². The first-order valence-corrected chi connectivity index (χ1v) is 10.5. The summed E-state index contributed by atoms with van der Waals surface area (Å²) >= 11 is 0. The monoisotopic (exact) mass is 392 g/mol. The molecule has 2 atom stereocenters. The van der Waals surface area contributed by atoms with E-state index < -0.39 is 21.4 Å². The number of hydrogen-bond acceptors (Lipinski definition) is 7. The summed E-state index contributed by atoms with van der Waals surface area (Å²) in [4.78, 5) is 34.0. The molecule has 0 saturated carbocycles. The summed E-state index contributed by atoms with van der Waals surface area (Å²) in [5.74, 6) is 1.16. The number of amides is 1. The number of sulfone groups is 1. The number of aryl methyl sites for hydroxylation is 1. The van der Waals surface area contributed by atoms with Crippen molar-refractivity contribution >= 4 is 15.7 Å². The van der Waals surface area contributed by atoms with E-state index in [0.717, 1.165) is 17.7 Å². The van der Waals surface area contributed by atoms with Gasteiger partial charge < -0.3 is 14.3 Å². The van der Waals surface area contributed by atoms with Crippen molar-refractivity contribution in [1.29, 1.82) is 0 Å². The fraction of sp³-hybridized carbons (Fsp3) is 0.471. The van der Waals surface area contributed by atoms with Gasteiger partial charge in [-0.15, -0.1) is 0 Å². The summed E-state index contributed by atoms with van der Waals surface area (Å²) < 4.78 is 30.2. The number of fused-ring (bicyclic) bond motifs is 1. The van der Waals surface area contributed by atoms with E-state index in [1.165, 1.54) is 6.20 Å². The third-order valence-electron chi connectivity index (χ3n) is 5.10. The molecular formula is C17H20N4O5S. The van der Waals surface area contributed by atoms with Crippen LogP contribution < -0.4 is 5.56 Å². The molecule has 2 aliphatic heterocycles. The van der Waals surface area contributed by atoms with Crippen molar-refractivity contribution in [2.75, 3.05) is 24.6 Å². The van der Waals surface area contributed by atoms with Crippen LogP contribution in [0.1, 0.15) is 22.0 Å². The number of piperazine rings is 1. The third kappa shape index (κ3) is 3.54. The van der Waals surface area contributed by atoms with Gasteiger partial charge in [0.1, 0.15) is 17.2 Å². The highest BCUT2D eigenvalue weighted by molar-refractivity contribution is 7.91. The average molecular weight is 392 g/mol. The van der Waals surface area contributed by atoms with Crippen molar-refractivity contribution in [3.05, 3.63) is 52.1 Å². The molecule has 0 spiro atoms. The smallest absolute Gasteiger partial charge is 0.274 e. The van der Waals surface area contributed by atoms with Gasteiger partial charge in [-0.25, -0.2) is 13.4 Å². The number of rotatable bonds is 3. The lowest BCUT2D eigenvalue weighted by Gasteiger charge is -2.43. The van der Waals surface area contributed by atoms with Crippen molar-refractivity contribution in [3.63, 3.8) is 0 Å². The van der Waals surface area contributed by atoms with Crippen LogP contribution in [0.25, 0.3) is 0 Å². The molecule has 2 fully saturated rings. The number of aromatic nitrogens is 2. The SMILES string of the molecule is Cc1ccc(CN2CCN(C(=O)c3c[nH]c(=O)cn3)[C@H]3CS(=O)(=O)C[C@H]32)o1. The van der Waals surface area contributed by atoms with E-state index in [2.05, 4.69) is 14.9 Å². The number of nitrogens with zero attached hydrogens (tertiary/aromatic N) is 3. The number of nitrogens with one attached hydrogen (secondary N) is 1. The molecule has 1 amide bonds. The zero-order chi connectivity index (χ0) is 19.2. The minimum absolute atomic E-state index is 0.0141. The number of aromatic amines is 1. The van der Waals surface area contributed by atoms with Crippen molar-refractivity contribution in [3.8, 4) is 0 Å². The van der Waals surface area contributed by atoms with Gasteiger partial charge in [-0.1, -0.05) is 0 Å². The minimum Gasteiger partial charge on any atom is -0.465 e. The maximum atomic E-state index is 12.8. The van der Waals surface area contributed by atoms with Crippen LogP contribution in [-0.4, -0.2) is 70.8 Å². The van der Waals surface area contributed by atoms with Gasteiger partial charge in [0, 0.05) is 25.3 Å². The van der Waals surface area contributed by atoms with Gasteiger partial charge in [0.2, 0.25) is 0 Å². The molecule has 2 aromatic rings. The van der Waals surface area contributed by atoms with Crippen LogP contribution in [0.15, 0.2) is 33.7 Å². The highest BCUT2D eigenvalue weighted by Crippen LogP contribution is 2.29. The van der Waals surface area contributed by atoms with E-state index >= 15 is 0 Å². The molecule has 9 nitrogen and oxygen atoms in total. The standard InChI is InChI=1S/C17H20N4O5S/c1-11-2-3-12(26-11)8-20-4-5-21(15-10-27(24,25)9-14(15)20)17(23)13-6-19-16(22)7-18-13/h2-3,6-7,14-15H,4-5,8-10H2,1H3,(H,19,22)/t14-,15+/m1/s1. The first kappa shape index (κ1) is 17.9. The summed E-state index contributed by atoms with van der Waals surface area (Å²) in [5.41, 5.74) is -0.292. The molecule has 0 aromatic carbocycles. The highest BCUT2D eigenvalue weighted by atomic mass is 32.2. The molecule has 0 unspecified atom stereocenters. The zero-order valence-electron chi connectivity index (χ0n) is 14.8. The Morgan fingerprint density at radius 3 is 2.74 bits per heavy atom. The molecule has 27 heavy (non-hydrogen) atoms. The predicted octanol–water partition coefficient (Wildman–Crippen LogP) is -0.205. The van der Waals surface area contributed by atoms with Gasteiger partial charge >= 0.3 is 0 Å². The molecule has 1 N–H and O–H groups in total. The van der Waals surface area contributed by atoms with Crippen LogP contribution in [0.5, 0.6) is 0 Å². The van der Waals surface area contributed by atoms with Gasteiger partial charge in [0.05, 0.1) is 30.3 Å². The Labute approximate surface area is 155 Å². The second-order valence-corrected chi connectivity index (χ2v) is 9.14. The molecule has 4 heterocycles. The topological polar surface area (TPSA) is 117 Å². The molecule has 144 valence electrons.